The van der Waals surface area contributed by atoms with E-state index in [4.69, 9.17) is 9.84 Å². The summed E-state index contributed by atoms with van der Waals surface area (Å²) in [6.45, 7) is -0.150. The number of esters is 1. The summed E-state index contributed by atoms with van der Waals surface area (Å²) in [6, 6.07) is 11.5. The Morgan fingerprint density at radius 2 is 1.97 bits per heavy atom. The minimum absolute atomic E-state index is 0.0571. The molecule has 3 aromatic heterocycles. The van der Waals surface area contributed by atoms with E-state index in [9.17, 15) is 18.8 Å². The zero-order valence-electron chi connectivity index (χ0n) is 18.5. The van der Waals surface area contributed by atoms with Crippen molar-refractivity contribution in [1.82, 2.24) is 24.6 Å². The van der Waals surface area contributed by atoms with Crippen LogP contribution in [0, 0.1) is 5.82 Å². The highest BCUT2D eigenvalue weighted by molar-refractivity contribution is 5.98. The molecule has 11 heteroatoms. The van der Waals surface area contributed by atoms with Gasteiger partial charge in [0.2, 0.25) is 0 Å². The first kappa shape index (κ1) is 23.4. The molecule has 0 bridgehead atoms. The number of fused-ring (bicyclic) bond motifs is 1. The van der Waals surface area contributed by atoms with Crippen molar-refractivity contribution in [3.63, 3.8) is 0 Å². The summed E-state index contributed by atoms with van der Waals surface area (Å²) in [5, 5.41) is 16.1. The highest BCUT2D eigenvalue weighted by atomic mass is 19.1. The first-order valence-corrected chi connectivity index (χ1v) is 10.4. The van der Waals surface area contributed by atoms with E-state index < -0.39 is 11.9 Å². The second-order valence-electron chi connectivity index (χ2n) is 7.50. The maximum Gasteiger partial charge on any atom is 0.332 e. The van der Waals surface area contributed by atoms with Crippen LogP contribution >= 0.6 is 0 Å². The van der Waals surface area contributed by atoms with Crippen molar-refractivity contribution in [2.24, 2.45) is 7.05 Å². The molecule has 0 aliphatic rings. The van der Waals surface area contributed by atoms with E-state index in [2.05, 4.69) is 15.4 Å². The maximum atomic E-state index is 13.8. The van der Waals surface area contributed by atoms with Gasteiger partial charge in [0.1, 0.15) is 17.2 Å². The topological polar surface area (TPSA) is 128 Å². The number of aryl methyl sites for hydroxylation is 1. The molecule has 35 heavy (non-hydrogen) atoms. The van der Waals surface area contributed by atoms with E-state index >= 15 is 0 Å². The first-order valence-electron chi connectivity index (χ1n) is 10.4. The quantitative estimate of drug-likeness (QED) is 0.295. The van der Waals surface area contributed by atoms with Gasteiger partial charge >= 0.3 is 11.9 Å². The third kappa shape index (κ3) is 5.41. The summed E-state index contributed by atoms with van der Waals surface area (Å²) in [5.74, 6) is -2.81. The van der Waals surface area contributed by atoms with E-state index in [-0.39, 0.29) is 25.0 Å². The number of carbonyl (C=O) groups is 3. The Hall–Kier alpha value is -4.80. The second kappa shape index (κ2) is 10.00. The van der Waals surface area contributed by atoms with Crippen LogP contribution in [0.3, 0.4) is 0 Å². The van der Waals surface area contributed by atoms with Gasteiger partial charge in [-0.1, -0.05) is 18.2 Å². The maximum absolute atomic E-state index is 13.8. The van der Waals surface area contributed by atoms with Gasteiger partial charge in [-0.05, 0) is 24.3 Å². The number of halogens is 1. The summed E-state index contributed by atoms with van der Waals surface area (Å²) in [5.41, 5.74) is 2.56. The normalized spacial score (nSPS) is 11.1. The molecule has 0 aliphatic carbocycles. The summed E-state index contributed by atoms with van der Waals surface area (Å²) >= 11 is 0. The van der Waals surface area contributed by atoms with Crippen molar-refractivity contribution in [3.8, 4) is 11.3 Å². The second-order valence-corrected chi connectivity index (χ2v) is 7.50. The van der Waals surface area contributed by atoms with Crippen molar-refractivity contribution >= 4 is 28.9 Å². The molecule has 0 spiro atoms. The lowest BCUT2D eigenvalue weighted by atomic mass is 10.2. The van der Waals surface area contributed by atoms with Crippen LogP contribution in [0.1, 0.15) is 16.1 Å². The van der Waals surface area contributed by atoms with Gasteiger partial charge < -0.3 is 19.7 Å². The minimum atomic E-state index is -1.25. The summed E-state index contributed by atoms with van der Waals surface area (Å²) < 4.78 is 21.8. The third-order valence-electron chi connectivity index (χ3n) is 5.14. The number of benzene rings is 1. The van der Waals surface area contributed by atoms with Crippen LogP contribution in [-0.2, 0) is 34.6 Å². The van der Waals surface area contributed by atoms with Crippen molar-refractivity contribution < 1.29 is 28.6 Å². The van der Waals surface area contributed by atoms with Crippen molar-refractivity contribution in [3.05, 3.63) is 84.1 Å². The average Bonchev–Trinajstić information content (AvgIpc) is 3.45. The number of nitrogens with one attached hydrogen (secondary N) is 1. The van der Waals surface area contributed by atoms with Gasteiger partial charge in [-0.25, -0.2) is 23.6 Å². The van der Waals surface area contributed by atoms with Crippen molar-refractivity contribution in [2.75, 3.05) is 0 Å². The molecule has 4 aromatic rings. The van der Waals surface area contributed by atoms with Gasteiger partial charge in [-0.15, -0.1) is 0 Å². The number of aliphatic carboxylic acids is 1. The van der Waals surface area contributed by atoms with Gasteiger partial charge in [0.25, 0.3) is 5.91 Å². The van der Waals surface area contributed by atoms with Crippen LogP contribution in [0.4, 0.5) is 4.39 Å². The van der Waals surface area contributed by atoms with Crippen LogP contribution in [-0.4, -0.2) is 42.3 Å². The molecule has 0 atom stereocenters. The number of ether oxygens (including phenoxy) is 1. The van der Waals surface area contributed by atoms with Gasteiger partial charge in [-0.2, -0.15) is 5.10 Å². The lowest BCUT2D eigenvalue weighted by Crippen LogP contribution is -2.25. The predicted molar refractivity (Wildman–Crippen MR) is 122 cm³/mol. The minimum Gasteiger partial charge on any atom is -0.478 e. The molecule has 0 aliphatic heterocycles. The van der Waals surface area contributed by atoms with Crippen molar-refractivity contribution in [2.45, 2.75) is 13.3 Å². The molecule has 0 radical (unpaired) electrons. The van der Waals surface area contributed by atoms with Gasteiger partial charge in [-0.3, -0.25) is 4.79 Å². The van der Waals surface area contributed by atoms with Crippen molar-refractivity contribution in [1.29, 1.82) is 0 Å². The molecule has 0 unspecified atom stereocenters. The number of hydrogen-bond acceptors (Lipinski definition) is 6. The number of rotatable bonds is 8. The zero-order chi connectivity index (χ0) is 24.9. The van der Waals surface area contributed by atoms with Crippen LogP contribution in [0.5, 0.6) is 0 Å². The fourth-order valence-electron chi connectivity index (χ4n) is 3.37. The number of carboxylic acid groups (broad SMARTS) is 1. The Morgan fingerprint density at radius 3 is 2.74 bits per heavy atom. The number of nitrogens with zero attached hydrogens (tertiary/aromatic N) is 4. The zero-order valence-corrected chi connectivity index (χ0v) is 18.5. The number of carboxylic acids is 1. The SMILES string of the molecule is Cn1c(C(=O)NCc2ccccc2F)cc2ccc(-c3cnn(COC(=O)/C=C/C(=O)O)c3)nc21. The van der Waals surface area contributed by atoms with Gasteiger partial charge in [0.05, 0.1) is 11.9 Å². The molecule has 0 saturated heterocycles. The first-order chi connectivity index (χ1) is 16.8. The lowest BCUT2D eigenvalue weighted by molar-refractivity contribution is -0.142. The van der Waals surface area contributed by atoms with Crippen LogP contribution in [0.15, 0.2) is 67.0 Å². The molecule has 10 nitrogen and oxygen atoms in total. The Bertz CT molecular complexity index is 1460. The number of carbonyl (C=O) groups excluding carboxylic acids is 2. The summed E-state index contributed by atoms with van der Waals surface area (Å²) in [7, 11) is 1.71. The third-order valence-corrected chi connectivity index (χ3v) is 5.14. The number of pyridine rings is 1. The Labute approximate surface area is 198 Å². The molecule has 0 fully saturated rings. The molecule has 178 valence electrons. The van der Waals surface area contributed by atoms with Gasteiger partial charge in [0, 0.05) is 48.5 Å². The fraction of sp³-hybridized carbons (Fsp3) is 0.125. The Kier molecular flexibility index (Phi) is 6.67. The lowest BCUT2D eigenvalue weighted by Gasteiger charge is -2.07. The Morgan fingerprint density at radius 1 is 1.17 bits per heavy atom. The van der Waals surface area contributed by atoms with E-state index in [0.29, 0.717) is 34.2 Å². The molecule has 4 rings (SSSR count). The smallest absolute Gasteiger partial charge is 0.332 e. The summed E-state index contributed by atoms with van der Waals surface area (Å²) in [6.07, 6.45) is 4.65. The van der Waals surface area contributed by atoms with Crippen LogP contribution in [0.2, 0.25) is 0 Å². The highest BCUT2D eigenvalue weighted by Crippen LogP contribution is 2.23. The molecule has 0 saturated carbocycles. The monoisotopic (exact) mass is 477 g/mol. The molecule has 1 amide bonds. The standard InChI is InChI=1S/C24H20FN5O5/c1-29-20(24(34)26-11-16-4-2-3-5-18(16)25)10-15-6-7-19(28-23(15)29)17-12-27-30(13-17)14-35-22(33)9-8-21(31)32/h2-10,12-13H,11,14H2,1H3,(H,26,34)(H,31,32)/b9-8+. The van der Waals surface area contributed by atoms with E-state index in [1.54, 1.807) is 54.3 Å². The molecule has 2 N–H and O–H groups in total. The Balaban J connectivity index is 1.47. The van der Waals surface area contributed by atoms with E-state index in [1.165, 1.54) is 10.7 Å². The predicted octanol–water partition coefficient (Wildman–Crippen LogP) is 2.65. The van der Waals surface area contributed by atoms with E-state index in [1.807, 2.05) is 6.07 Å². The van der Waals surface area contributed by atoms with Gasteiger partial charge in [0.15, 0.2) is 6.73 Å². The average molecular weight is 477 g/mol. The molecule has 1 aromatic carbocycles. The number of hydrogen-bond donors (Lipinski definition) is 2. The number of amides is 1. The van der Waals surface area contributed by atoms with Crippen LogP contribution in [0.25, 0.3) is 22.3 Å². The van der Waals surface area contributed by atoms with E-state index in [0.717, 1.165) is 11.5 Å². The van der Waals surface area contributed by atoms with Crippen LogP contribution < -0.4 is 5.32 Å². The highest BCUT2D eigenvalue weighted by Gasteiger charge is 2.16. The molecule has 3 heterocycles. The largest absolute Gasteiger partial charge is 0.478 e. The molecular formula is C24H20FN5O5. The number of aromatic nitrogens is 4. The molecular weight excluding hydrogens is 457 g/mol. The fourth-order valence-corrected chi connectivity index (χ4v) is 3.37. The summed E-state index contributed by atoms with van der Waals surface area (Å²) in [4.78, 5) is 39.3.